The van der Waals surface area contributed by atoms with Crippen molar-refractivity contribution < 1.29 is 31.9 Å². The molecule has 4 heterocycles. The number of ether oxygens (including phenoxy) is 1. The van der Waals surface area contributed by atoms with E-state index in [2.05, 4.69) is 25.5 Å². The van der Waals surface area contributed by atoms with E-state index in [4.69, 9.17) is 4.74 Å². The number of likely N-dealkylation sites (tertiary alicyclic amines) is 1. The molecule has 0 aromatic carbocycles. The second kappa shape index (κ2) is 9.16. The highest BCUT2D eigenvalue weighted by atomic mass is 19.4. The number of nitrogens with one attached hydrogen (secondary N) is 2. The van der Waals surface area contributed by atoms with Crippen LogP contribution in [0.25, 0.3) is 11.3 Å². The first kappa shape index (κ1) is 24.7. The number of alkyl halides is 3. The molecule has 0 unspecified atom stereocenters. The van der Waals surface area contributed by atoms with Gasteiger partial charge in [-0.2, -0.15) is 5.10 Å². The molecule has 2 aliphatic rings. The topological polar surface area (TPSA) is 118 Å². The summed E-state index contributed by atoms with van der Waals surface area (Å²) in [4.78, 5) is 35.2. The molecule has 196 valence electrons. The Morgan fingerprint density at radius 3 is 2.76 bits per heavy atom. The zero-order chi connectivity index (χ0) is 26.4. The summed E-state index contributed by atoms with van der Waals surface area (Å²) in [5.41, 5.74) is 0.0269. The summed E-state index contributed by atoms with van der Waals surface area (Å²) in [6, 6.07) is 2.84. The molecule has 1 spiro atoms. The molecule has 1 aliphatic heterocycles. The van der Waals surface area contributed by atoms with E-state index in [1.165, 1.54) is 19.2 Å². The third-order valence-corrected chi connectivity index (χ3v) is 6.88. The highest BCUT2D eigenvalue weighted by molar-refractivity contribution is 5.94. The molecule has 37 heavy (non-hydrogen) atoms. The third-order valence-electron chi connectivity index (χ3n) is 6.88. The molecule has 14 heteroatoms. The molecule has 2 amide bonds. The van der Waals surface area contributed by atoms with Crippen LogP contribution < -0.4 is 10.1 Å². The molecule has 1 atom stereocenters. The van der Waals surface area contributed by atoms with Crippen molar-refractivity contribution in [3.05, 3.63) is 48.1 Å². The fourth-order valence-corrected chi connectivity index (χ4v) is 4.80. The summed E-state index contributed by atoms with van der Waals surface area (Å²) in [6.45, 7) is -0.0648. The van der Waals surface area contributed by atoms with Gasteiger partial charge >= 0.3 is 6.30 Å². The van der Waals surface area contributed by atoms with Gasteiger partial charge < -0.3 is 15.0 Å². The molecule has 5 rings (SSSR count). The van der Waals surface area contributed by atoms with Crippen LogP contribution in [0.4, 0.5) is 17.6 Å². The highest BCUT2D eigenvalue weighted by Crippen LogP contribution is 2.50. The van der Waals surface area contributed by atoms with Crippen molar-refractivity contribution in [3.63, 3.8) is 0 Å². The van der Waals surface area contributed by atoms with Gasteiger partial charge in [-0.3, -0.25) is 14.7 Å². The van der Waals surface area contributed by atoms with Crippen molar-refractivity contribution in [2.24, 2.45) is 5.92 Å². The summed E-state index contributed by atoms with van der Waals surface area (Å²) >= 11 is 0. The van der Waals surface area contributed by atoms with Gasteiger partial charge in [0.25, 0.3) is 5.91 Å². The minimum atomic E-state index is -4.62. The van der Waals surface area contributed by atoms with Gasteiger partial charge in [-0.05, 0) is 31.7 Å². The lowest BCUT2D eigenvalue weighted by Crippen LogP contribution is -2.50. The predicted molar refractivity (Wildman–Crippen MR) is 119 cm³/mol. The van der Waals surface area contributed by atoms with Crippen molar-refractivity contribution in [1.82, 2.24) is 34.9 Å². The Hall–Kier alpha value is -3.97. The van der Waals surface area contributed by atoms with Crippen molar-refractivity contribution in [2.45, 2.75) is 44.1 Å². The van der Waals surface area contributed by atoms with Crippen molar-refractivity contribution >= 4 is 11.8 Å². The van der Waals surface area contributed by atoms with Crippen LogP contribution >= 0.6 is 0 Å². The normalized spacial score (nSPS) is 18.6. The zero-order valence-electron chi connectivity index (χ0n) is 19.7. The number of rotatable bonds is 6. The molecular weight excluding hydrogens is 498 g/mol. The molecule has 0 bridgehead atoms. The number of amides is 2. The van der Waals surface area contributed by atoms with E-state index in [0.717, 1.165) is 18.6 Å². The minimum absolute atomic E-state index is 0.0590. The number of aromatic amines is 1. The Morgan fingerprint density at radius 2 is 2.05 bits per heavy atom. The van der Waals surface area contributed by atoms with Crippen LogP contribution in [0, 0.1) is 11.7 Å². The molecule has 3 aromatic heterocycles. The Morgan fingerprint density at radius 1 is 1.27 bits per heavy atom. The summed E-state index contributed by atoms with van der Waals surface area (Å²) in [6.07, 6.45) is 0.373. The molecule has 3 aromatic rings. The Labute approximate surface area is 208 Å². The van der Waals surface area contributed by atoms with Crippen LogP contribution in [-0.2, 0) is 17.6 Å². The first-order valence-electron chi connectivity index (χ1n) is 11.6. The number of piperidine rings is 1. The minimum Gasteiger partial charge on any atom is -0.481 e. The molecular formula is C23H23F4N7O3. The van der Waals surface area contributed by atoms with Crippen molar-refractivity contribution in [1.29, 1.82) is 0 Å². The van der Waals surface area contributed by atoms with Gasteiger partial charge in [0.1, 0.15) is 11.5 Å². The molecule has 2 fully saturated rings. The lowest BCUT2D eigenvalue weighted by Gasteiger charge is -2.39. The second-order valence-corrected chi connectivity index (χ2v) is 9.14. The van der Waals surface area contributed by atoms with Crippen LogP contribution in [0.15, 0.2) is 30.7 Å². The number of halogens is 4. The van der Waals surface area contributed by atoms with E-state index in [0.29, 0.717) is 32.2 Å². The summed E-state index contributed by atoms with van der Waals surface area (Å²) in [5, 5.41) is 9.30. The summed E-state index contributed by atoms with van der Waals surface area (Å²) in [5.74, 6) is -1.87. The monoisotopic (exact) mass is 521 g/mol. The fraction of sp³-hybridized carbons (Fsp3) is 0.435. The standard InChI is InChI=1S/C23H23F4N7O3/c1-37-19-8-14(15(24)11-29-19)16-9-17(32-31-16)21(36)34-6-2-13(10-22(34)3-4-22)20(35)30-12-18-28-5-7-33(18)23(25,26)27/h5,7-9,11,13H,2-4,6,10,12H2,1H3,(H,30,35)(H,31,32)/t13-/m0/s1. The first-order valence-corrected chi connectivity index (χ1v) is 11.6. The number of carbonyl (C=O) groups is 2. The fourth-order valence-electron chi connectivity index (χ4n) is 4.80. The van der Waals surface area contributed by atoms with Gasteiger partial charge in [-0.1, -0.05) is 0 Å². The summed E-state index contributed by atoms with van der Waals surface area (Å²) in [7, 11) is 1.40. The maximum Gasteiger partial charge on any atom is 0.489 e. The smallest absolute Gasteiger partial charge is 0.481 e. The molecule has 1 saturated carbocycles. The average Bonchev–Trinajstić information content (AvgIpc) is 3.27. The molecule has 0 radical (unpaired) electrons. The maximum atomic E-state index is 14.3. The summed E-state index contributed by atoms with van der Waals surface area (Å²) < 4.78 is 58.4. The van der Waals surface area contributed by atoms with Gasteiger partial charge in [0.2, 0.25) is 11.8 Å². The molecule has 2 N–H and O–H groups in total. The number of carbonyl (C=O) groups excluding carboxylic acids is 2. The number of hydrogen-bond acceptors (Lipinski definition) is 6. The van der Waals surface area contributed by atoms with Gasteiger partial charge in [0, 0.05) is 42.0 Å². The van der Waals surface area contributed by atoms with Crippen LogP contribution in [0.1, 0.15) is 42.0 Å². The predicted octanol–water partition coefficient (Wildman–Crippen LogP) is 2.99. The number of imidazole rings is 1. The molecule has 10 nitrogen and oxygen atoms in total. The van der Waals surface area contributed by atoms with Gasteiger partial charge in [-0.25, -0.2) is 18.9 Å². The largest absolute Gasteiger partial charge is 0.489 e. The number of hydrogen-bond donors (Lipinski definition) is 2. The second-order valence-electron chi connectivity index (χ2n) is 9.14. The van der Waals surface area contributed by atoms with Gasteiger partial charge in [0.05, 0.1) is 25.5 Å². The number of H-pyrrole nitrogens is 1. The third kappa shape index (κ3) is 4.74. The lowest BCUT2D eigenvalue weighted by molar-refractivity contribution is -0.205. The highest BCUT2D eigenvalue weighted by Gasteiger charge is 2.54. The SMILES string of the molecule is COc1cc(-c2cc(C(=O)N3CC[C@H](C(=O)NCc4nccn4C(F)(F)F)CC34CC4)[nH]n2)c(F)cn1. The van der Waals surface area contributed by atoms with E-state index < -0.39 is 23.6 Å². The van der Waals surface area contributed by atoms with E-state index >= 15 is 0 Å². The molecule has 1 aliphatic carbocycles. The average molecular weight is 521 g/mol. The van der Waals surface area contributed by atoms with Crippen LogP contribution in [-0.4, -0.2) is 60.6 Å². The zero-order valence-corrected chi connectivity index (χ0v) is 19.7. The lowest BCUT2D eigenvalue weighted by atomic mass is 9.88. The number of nitrogens with zero attached hydrogens (tertiary/aromatic N) is 5. The van der Waals surface area contributed by atoms with Gasteiger partial charge in [0.15, 0.2) is 5.82 Å². The van der Waals surface area contributed by atoms with Crippen LogP contribution in [0.3, 0.4) is 0 Å². The quantitative estimate of drug-likeness (QED) is 0.482. The number of aromatic nitrogens is 5. The van der Waals surface area contributed by atoms with Crippen molar-refractivity contribution in [2.75, 3.05) is 13.7 Å². The van der Waals surface area contributed by atoms with Gasteiger partial charge in [-0.15, -0.1) is 13.2 Å². The van der Waals surface area contributed by atoms with E-state index in [1.54, 1.807) is 4.90 Å². The van der Waals surface area contributed by atoms with Crippen LogP contribution in [0.5, 0.6) is 5.88 Å². The van der Waals surface area contributed by atoms with E-state index in [1.807, 2.05) is 0 Å². The van der Waals surface area contributed by atoms with E-state index in [-0.39, 0.29) is 51.6 Å². The maximum absolute atomic E-state index is 14.3. The Balaban J connectivity index is 1.24. The molecule has 1 saturated heterocycles. The number of pyridine rings is 1. The number of methoxy groups -OCH3 is 1. The first-order chi connectivity index (χ1) is 17.6. The van der Waals surface area contributed by atoms with Crippen molar-refractivity contribution in [3.8, 4) is 17.1 Å². The van der Waals surface area contributed by atoms with Crippen LogP contribution in [0.2, 0.25) is 0 Å². The van der Waals surface area contributed by atoms with E-state index in [9.17, 15) is 27.2 Å². The Kier molecular flexibility index (Phi) is 6.12. The Bertz CT molecular complexity index is 1330.